The Bertz CT molecular complexity index is 1460. The summed E-state index contributed by atoms with van der Waals surface area (Å²) >= 11 is 0. The fourth-order valence-electron chi connectivity index (χ4n) is 5.66. The lowest BCUT2D eigenvalue weighted by molar-refractivity contribution is -0.310. The van der Waals surface area contributed by atoms with Crippen LogP contribution in [0.15, 0.2) is 84.9 Å². The highest BCUT2D eigenvalue weighted by atomic mass is 17.1. The number of esters is 1. The van der Waals surface area contributed by atoms with E-state index in [1.165, 1.54) is 7.11 Å². The van der Waals surface area contributed by atoms with Gasteiger partial charge in [-0.05, 0) is 77.6 Å². The minimum absolute atomic E-state index is 0.120. The number of ketones is 1. The number of carbonyl (C=O) groups excluding carboxylic acids is 2. The zero-order valence-corrected chi connectivity index (χ0v) is 23.2. The summed E-state index contributed by atoms with van der Waals surface area (Å²) in [6.07, 6.45) is 3.91. The van der Waals surface area contributed by atoms with Crippen LogP contribution in [0.1, 0.15) is 68.1 Å². The predicted octanol–water partition coefficient (Wildman–Crippen LogP) is 8.43. The molecule has 5 nitrogen and oxygen atoms in total. The molecule has 2 atom stereocenters. The van der Waals surface area contributed by atoms with E-state index in [9.17, 15) is 14.8 Å². The van der Waals surface area contributed by atoms with Crippen LogP contribution < -0.4 is 0 Å². The fraction of sp³-hybridized carbons (Fsp3) is 0.294. The van der Waals surface area contributed by atoms with Crippen molar-refractivity contribution in [2.45, 2.75) is 46.6 Å². The number of hydrogen-bond acceptors (Lipinski definition) is 5. The van der Waals surface area contributed by atoms with Gasteiger partial charge in [-0.1, -0.05) is 86.6 Å². The predicted molar refractivity (Wildman–Crippen MR) is 157 cm³/mol. The molecule has 0 saturated heterocycles. The topological polar surface area (TPSA) is 72.8 Å². The van der Waals surface area contributed by atoms with Crippen LogP contribution in [0, 0.1) is 10.8 Å². The quantitative estimate of drug-likeness (QED) is 0.0563. The third-order valence-corrected chi connectivity index (χ3v) is 7.84. The van der Waals surface area contributed by atoms with E-state index >= 15 is 0 Å². The molecular weight excluding hydrogens is 488 g/mol. The first kappa shape index (κ1) is 28.2. The molecule has 0 heterocycles. The number of benzene rings is 4. The van der Waals surface area contributed by atoms with Gasteiger partial charge in [0.1, 0.15) is 6.10 Å². The van der Waals surface area contributed by atoms with E-state index in [4.69, 9.17) is 9.62 Å². The van der Waals surface area contributed by atoms with Gasteiger partial charge in [0.05, 0.1) is 12.5 Å². The van der Waals surface area contributed by atoms with E-state index in [-0.39, 0.29) is 11.8 Å². The third kappa shape index (κ3) is 5.80. The second-order valence-corrected chi connectivity index (χ2v) is 11.1. The Hall–Kier alpha value is -3.80. The summed E-state index contributed by atoms with van der Waals surface area (Å²) in [4.78, 5) is 30.5. The number of methoxy groups -OCH3 is 1. The molecule has 5 heteroatoms. The molecule has 4 aromatic rings. The summed E-state index contributed by atoms with van der Waals surface area (Å²) in [5, 5.41) is 14.3. The Morgan fingerprint density at radius 2 is 1.46 bits per heavy atom. The van der Waals surface area contributed by atoms with Crippen molar-refractivity contribution >= 4 is 39.4 Å². The first-order valence-corrected chi connectivity index (χ1v) is 13.2. The molecule has 0 saturated carbocycles. The number of allylic oxidation sites excluding steroid dienone is 1. The second kappa shape index (κ2) is 11.5. The van der Waals surface area contributed by atoms with Gasteiger partial charge in [-0.2, -0.15) is 0 Å². The first-order valence-electron chi connectivity index (χ1n) is 13.2. The van der Waals surface area contributed by atoms with Crippen LogP contribution in [0.25, 0.3) is 27.6 Å². The average molecular weight is 525 g/mol. The number of carbonyl (C=O) groups is 2. The van der Waals surface area contributed by atoms with Crippen LogP contribution in [0.5, 0.6) is 0 Å². The highest BCUT2D eigenvalue weighted by molar-refractivity contribution is 6.11. The summed E-state index contributed by atoms with van der Waals surface area (Å²) in [7, 11) is 1.38. The van der Waals surface area contributed by atoms with Gasteiger partial charge in [-0.3, -0.25) is 14.8 Å². The van der Waals surface area contributed by atoms with Gasteiger partial charge in [-0.15, -0.1) is 0 Å². The normalized spacial score (nSPS) is 14.4. The average Bonchev–Trinajstić information content (AvgIpc) is 2.95. The molecule has 0 spiro atoms. The van der Waals surface area contributed by atoms with E-state index in [0.717, 1.165) is 32.7 Å². The maximum Gasteiger partial charge on any atom is 0.311 e. The Morgan fingerprint density at radius 3 is 1.97 bits per heavy atom. The monoisotopic (exact) mass is 524 g/mol. The highest BCUT2D eigenvalue weighted by Crippen LogP contribution is 2.47. The molecule has 0 aliphatic rings. The molecule has 0 aliphatic carbocycles. The number of rotatable bonds is 10. The van der Waals surface area contributed by atoms with Crippen LogP contribution in [0.3, 0.4) is 0 Å². The van der Waals surface area contributed by atoms with E-state index in [1.54, 1.807) is 30.3 Å². The summed E-state index contributed by atoms with van der Waals surface area (Å²) in [6, 6.07) is 25.6. The maximum atomic E-state index is 13.2. The first-order chi connectivity index (χ1) is 18.6. The molecule has 4 aromatic carbocycles. The van der Waals surface area contributed by atoms with Crippen molar-refractivity contribution in [2.24, 2.45) is 10.8 Å². The van der Waals surface area contributed by atoms with Crippen molar-refractivity contribution in [1.29, 1.82) is 0 Å². The Balaban J connectivity index is 1.61. The minimum Gasteiger partial charge on any atom is -0.469 e. The summed E-state index contributed by atoms with van der Waals surface area (Å²) in [6.45, 7) is 7.64. The largest absolute Gasteiger partial charge is 0.469 e. The molecule has 0 aliphatic heterocycles. The number of fused-ring (bicyclic) bond motifs is 2. The Kier molecular flexibility index (Phi) is 8.34. The van der Waals surface area contributed by atoms with E-state index in [1.807, 2.05) is 58.0 Å². The molecule has 0 fully saturated rings. The lowest BCUT2D eigenvalue weighted by Crippen LogP contribution is -2.36. The molecular formula is C34H36O5. The SMILES string of the molecule is CCC(C)(CC(C)(C)C(=O)OC)C(OO)c1ccc(C(=O)C=Cc2c3ccccc3cc3ccccc23)cc1. The second-order valence-electron chi connectivity index (χ2n) is 11.1. The van der Waals surface area contributed by atoms with Gasteiger partial charge in [0.25, 0.3) is 0 Å². The number of ether oxygens (including phenoxy) is 1. The lowest BCUT2D eigenvalue weighted by atomic mass is 9.68. The molecule has 1 N–H and O–H groups in total. The Labute approximate surface area is 230 Å². The highest BCUT2D eigenvalue weighted by Gasteiger charge is 2.43. The van der Waals surface area contributed by atoms with Crippen molar-refractivity contribution < 1.29 is 24.5 Å². The van der Waals surface area contributed by atoms with Crippen molar-refractivity contribution in [3.05, 3.63) is 102 Å². The standard InChI is InChI=1S/C34H36O5/c1-6-34(4,22-33(2,3)32(36)38-5)31(39-37)24-17-15-23(16-18-24)30(35)20-19-29-27-13-9-7-11-25(27)21-26-12-8-10-14-28(26)29/h7-21,31,37H,6,22H2,1-5H3. The van der Waals surface area contributed by atoms with E-state index in [2.05, 4.69) is 30.3 Å². The molecule has 39 heavy (non-hydrogen) atoms. The van der Waals surface area contributed by atoms with Gasteiger partial charge >= 0.3 is 5.97 Å². The maximum absolute atomic E-state index is 13.2. The van der Waals surface area contributed by atoms with Crippen molar-refractivity contribution in [2.75, 3.05) is 7.11 Å². The summed E-state index contributed by atoms with van der Waals surface area (Å²) < 4.78 is 4.98. The Morgan fingerprint density at radius 1 is 0.897 bits per heavy atom. The van der Waals surface area contributed by atoms with E-state index in [0.29, 0.717) is 18.4 Å². The molecule has 4 rings (SSSR count). The van der Waals surface area contributed by atoms with Crippen molar-refractivity contribution in [3.8, 4) is 0 Å². The molecule has 202 valence electrons. The van der Waals surface area contributed by atoms with Crippen molar-refractivity contribution in [3.63, 3.8) is 0 Å². The third-order valence-electron chi connectivity index (χ3n) is 7.84. The van der Waals surface area contributed by atoms with Crippen LogP contribution in [0.2, 0.25) is 0 Å². The van der Waals surface area contributed by atoms with Crippen LogP contribution >= 0.6 is 0 Å². The van der Waals surface area contributed by atoms with E-state index < -0.39 is 16.9 Å². The zero-order chi connectivity index (χ0) is 28.2. The smallest absolute Gasteiger partial charge is 0.311 e. The van der Waals surface area contributed by atoms with Gasteiger partial charge in [0, 0.05) is 11.0 Å². The minimum atomic E-state index is -0.761. The van der Waals surface area contributed by atoms with Crippen molar-refractivity contribution in [1.82, 2.24) is 0 Å². The molecule has 0 amide bonds. The number of hydrogen-bond donors (Lipinski definition) is 1. The zero-order valence-electron chi connectivity index (χ0n) is 23.2. The van der Waals surface area contributed by atoms with Gasteiger partial charge in [-0.25, -0.2) is 4.89 Å². The van der Waals surface area contributed by atoms with Gasteiger partial charge in [0.15, 0.2) is 5.78 Å². The molecule has 0 radical (unpaired) electrons. The molecule has 0 aromatic heterocycles. The lowest BCUT2D eigenvalue weighted by Gasteiger charge is -2.39. The summed E-state index contributed by atoms with van der Waals surface area (Å²) in [5.41, 5.74) is 0.942. The molecule has 0 bridgehead atoms. The van der Waals surface area contributed by atoms with Crippen LogP contribution in [-0.4, -0.2) is 24.1 Å². The molecule has 2 unspecified atom stereocenters. The van der Waals surface area contributed by atoms with Crippen LogP contribution in [0.4, 0.5) is 0 Å². The fourth-order valence-corrected chi connectivity index (χ4v) is 5.66. The van der Waals surface area contributed by atoms with Crippen LogP contribution in [-0.2, 0) is 14.4 Å². The summed E-state index contributed by atoms with van der Waals surface area (Å²) in [5.74, 6) is -0.435. The van der Waals surface area contributed by atoms with Gasteiger partial charge < -0.3 is 4.74 Å². The van der Waals surface area contributed by atoms with Gasteiger partial charge in [0.2, 0.25) is 0 Å².